The van der Waals surface area contributed by atoms with E-state index in [1.165, 1.54) is 0 Å². The Labute approximate surface area is 246 Å². The molecule has 0 spiro atoms. The van der Waals surface area contributed by atoms with Crippen LogP contribution in [0.5, 0.6) is 0 Å². The molecule has 0 bridgehead atoms. The number of aliphatic carboxylic acids is 1. The van der Waals surface area contributed by atoms with Crippen molar-refractivity contribution in [3.05, 3.63) is 95.6 Å². The lowest BCUT2D eigenvalue weighted by molar-refractivity contribution is -0.149. The van der Waals surface area contributed by atoms with Crippen molar-refractivity contribution in [2.45, 2.75) is 37.8 Å². The van der Waals surface area contributed by atoms with Gasteiger partial charge in [-0.3, -0.25) is 14.5 Å². The summed E-state index contributed by atoms with van der Waals surface area (Å²) in [5.41, 5.74) is 4.72. The third-order valence-electron chi connectivity index (χ3n) is 9.33. The maximum absolute atomic E-state index is 13.9. The molecule has 1 saturated heterocycles. The number of carbonyl (C=O) groups is 3. The van der Waals surface area contributed by atoms with Gasteiger partial charge in [0.05, 0.1) is 5.41 Å². The molecule has 6 rings (SSSR count). The van der Waals surface area contributed by atoms with Crippen molar-refractivity contribution in [3.8, 4) is 11.1 Å². The first-order valence-corrected chi connectivity index (χ1v) is 14.7. The van der Waals surface area contributed by atoms with Crippen LogP contribution in [0.25, 0.3) is 11.1 Å². The lowest BCUT2D eigenvalue weighted by Gasteiger charge is -2.29. The van der Waals surface area contributed by atoms with Gasteiger partial charge in [0.2, 0.25) is 5.91 Å². The minimum Gasteiger partial charge on any atom is -0.481 e. The third kappa shape index (κ3) is 5.27. The number of likely N-dealkylation sites (tertiary alicyclic amines) is 1. The van der Waals surface area contributed by atoms with Gasteiger partial charge in [-0.1, -0.05) is 85.3 Å². The van der Waals surface area contributed by atoms with Crippen LogP contribution in [-0.2, 0) is 20.9 Å². The highest BCUT2D eigenvalue weighted by Gasteiger charge is 2.56. The van der Waals surface area contributed by atoms with Crippen molar-refractivity contribution in [1.29, 1.82) is 0 Å². The van der Waals surface area contributed by atoms with Crippen LogP contribution in [0.3, 0.4) is 0 Å². The molecule has 2 amide bonds. The van der Waals surface area contributed by atoms with E-state index in [1.54, 1.807) is 4.90 Å². The zero-order chi connectivity index (χ0) is 29.3. The zero-order valence-corrected chi connectivity index (χ0v) is 23.9. The van der Waals surface area contributed by atoms with Gasteiger partial charge in [-0.25, -0.2) is 4.79 Å². The fraction of sp³-hybridized carbons (Fsp3) is 0.382. The van der Waals surface area contributed by atoms with Gasteiger partial charge in [0.1, 0.15) is 12.6 Å². The van der Waals surface area contributed by atoms with Gasteiger partial charge in [-0.15, -0.1) is 0 Å². The number of nitrogens with zero attached hydrogens (tertiary/aromatic N) is 2. The SMILES string of the molecule is CN(Cc1ccccc1)CC(NC(=O)OCC1c2ccccc2-c2ccccc21)C(=O)N1C[C@@H]2CCC[C@]2(C(=O)O)C1. The van der Waals surface area contributed by atoms with Crippen molar-refractivity contribution >= 4 is 18.0 Å². The molecule has 1 heterocycles. The second-order valence-corrected chi connectivity index (χ2v) is 12.0. The molecule has 42 heavy (non-hydrogen) atoms. The van der Waals surface area contributed by atoms with Gasteiger partial charge in [-0.05, 0) is 53.6 Å². The number of carboxylic acid groups (broad SMARTS) is 1. The number of rotatable bonds is 9. The van der Waals surface area contributed by atoms with E-state index in [1.807, 2.05) is 66.5 Å². The molecule has 3 aromatic carbocycles. The molecule has 8 nitrogen and oxygen atoms in total. The summed E-state index contributed by atoms with van der Waals surface area (Å²) in [6, 6.07) is 25.3. The molecule has 3 aromatic rings. The third-order valence-corrected chi connectivity index (χ3v) is 9.33. The van der Waals surface area contributed by atoms with Crippen molar-refractivity contribution in [1.82, 2.24) is 15.1 Å². The summed E-state index contributed by atoms with van der Waals surface area (Å²) in [5.74, 6) is -1.25. The molecule has 0 aromatic heterocycles. The predicted octanol–water partition coefficient (Wildman–Crippen LogP) is 4.74. The largest absolute Gasteiger partial charge is 0.481 e. The van der Waals surface area contributed by atoms with Crippen LogP contribution in [0.1, 0.15) is 41.9 Å². The number of hydrogen-bond donors (Lipinski definition) is 2. The van der Waals surface area contributed by atoms with E-state index in [0.717, 1.165) is 40.7 Å². The summed E-state index contributed by atoms with van der Waals surface area (Å²) in [6.45, 7) is 1.58. The Morgan fingerprint density at radius 1 is 1.00 bits per heavy atom. The normalized spacial score (nSPS) is 21.5. The highest BCUT2D eigenvalue weighted by molar-refractivity contribution is 5.88. The highest BCUT2D eigenvalue weighted by Crippen LogP contribution is 2.49. The fourth-order valence-electron chi connectivity index (χ4n) is 7.27. The fourth-order valence-corrected chi connectivity index (χ4v) is 7.27. The van der Waals surface area contributed by atoms with Crippen LogP contribution in [-0.4, -0.2) is 72.2 Å². The Kier molecular flexibility index (Phi) is 7.73. The molecule has 3 atom stereocenters. The van der Waals surface area contributed by atoms with Crippen molar-refractivity contribution in [2.75, 3.05) is 33.3 Å². The lowest BCUT2D eigenvalue weighted by Crippen LogP contribution is -2.53. The summed E-state index contributed by atoms with van der Waals surface area (Å²) in [4.78, 5) is 43.0. The summed E-state index contributed by atoms with van der Waals surface area (Å²) in [7, 11) is 1.91. The highest BCUT2D eigenvalue weighted by atomic mass is 16.5. The van der Waals surface area contributed by atoms with E-state index in [-0.39, 0.29) is 37.4 Å². The average molecular weight is 568 g/mol. The molecular formula is C34H37N3O5. The number of likely N-dealkylation sites (N-methyl/N-ethyl adjacent to an activating group) is 1. The van der Waals surface area contributed by atoms with E-state index < -0.39 is 23.5 Å². The van der Waals surface area contributed by atoms with Crippen molar-refractivity contribution in [2.24, 2.45) is 11.3 Å². The number of fused-ring (bicyclic) bond motifs is 4. The molecule has 218 valence electrons. The van der Waals surface area contributed by atoms with Crippen molar-refractivity contribution in [3.63, 3.8) is 0 Å². The van der Waals surface area contributed by atoms with Crippen LogP contribution in [0.4, 0.5) is 4.79 Å². The lowest BCUT2D eigenvalue weighted by atomic mass is 9.81. The number of ether oxygens (including phenoxy) is 1. The van der Waals surface area contributed by atoms with Gasteiger partial charge in [0.15, 0.2) is 0 Å². The van der Waals surface area contributed by atoms with Crippen LogP contribution < -0.4 is 5.32 Å². The molecular weight excluding hydrogens is 530 g/mol. The predicted molar refractivity (Wildman–Crippen MR) is 159 cm³/mol. The van der Waals surface area contributed by atoms with Crippen LogP contribution in [0, 0.1) is 11.3 Å². The van der Waals surface area contributed by atoms with E-state index in [0.29, 0.717) is 19.5 Å². The molecule has 0 radical (unpaired) electrons. The molecule has 2 aliphatic carbocycles. The van der Waals surface area contributed by atoms with Gasteiger partial charge in [0.25, 0.3) is 0 Å². The standard InChI is InChI=1S/C34H37N3O5/c1-36(18-23-10-3-2-4-11-23)20-30(31(38)37-19-24-12-9-17-34(24,22-37)32(39)40)35-33(41)42-21-29-27-15-7-5-13-25(27)26-14-6-8-16-28(26)29/h2-8,10-11,13-16,24,29-30H,9,12,17-22H2,1H3,(H,35,41)(H,39,40)/t24-,30?,34-/m0/s1. The number of hydrogen-bond acceptors (Lipinski definition) is 5. The maximum atomic E-state index is 13.9. The second kappa shape index (κ2) is 11.6. The average Bonchev–Trinajstić information content (AvgIpc) is 3.66. The van der Waals surface area contributed by atoms with Crippen LogP contribution in [0.15, 0.2) is 78.9 Å². The Bertz CT molecular complexity index is 1430. The Morgan fingerprint density at radius 3 is 2.29 bits per heavy atom. The second-order valence-electron chi connectivity index (χ2n) is 12.0. The number of amides is 2. The number of benzene rings is 3. The summed E-state index contributed by atoms with van der Waals surface area (Å²) >= 11 is 0. The number of carboxylic acids is 1. The first-order chi connectivity index (χ1) is 20.4. The molecule has 3 aliphatic rings. The van der Waals surface area contributed by atoms with Crippen LogP contribution >= 0.6 is 0 Å². The quantitative estimate of drug-likeness (QED) is 0.388. The maximum Gasteiger partial charge on any atom is 0.407 e. The molecule has 2 N–H and O–H groups in total. The summed E-state index contributed by atoms with van der Waals surface area (Å²) < 4.78 is 5.78. The minimum atomic E-state index is -0.889. The summed E-state index contributed by atoms with van der Waals surface area (Å²) in [6.07, 6.45) is 1.58. The monoisotopic (exact) mass is 567 g/mol. The van der Waals surface area contributed by atoms with Crippen molar-refractivity contribution < 1.29 is 24.2 Å². The number of carbonyl (C=O) groups excluding carboxylic acids is 2. The topological polar surface area (TPSA) is 99.2 Å². The van der Waals surface area contributed by atoms with Crippen LogP contribution in [0.2, 0.25) is 0 Å². The Hall–Kier alpha value is -4.17. The van der Waals surface area contributed by atoms with Gasteiger partial charge < -0.3 is 20.1 Å². The van der Waals surface area contributed by atoms with Gasteiger partial charge >= 0.3 is 12.1 Å². The van der Waals surface area contributed by atoms with Gasteiger partial charge in [-0.2, -0.15) is 0 Å². The van der Waals surface area contributed by atoms with E-state index in [4.69, 9.17) is 4.74 Å². The number of alkyl carbamates (subject to hydrolysis) is 1. The molecule has 1 aliphatic heterocycles. The molecule has 2 fully saturated rings. The first-order valence-electron chi connectivity index (χ1n) is 14.7. The van der Waals surface area contributed by atoms with E-state index in [9.17, 15) is 19.5 Å². The molecule has 1 saturated carbocycles. The Morgan fingerprint density at radius 2 is 1.64 bits per heavy atom. The van der Waals surface area contributed by atoms with E-state index >= 15 is 0 Å². The Balaban J connectivity index is 1.16. The number of nitrogens with one attached hydrogen (secondary N) is 1. The van der Waals surface area contributed by atoms with Gasteiger partial charge in [0, 0.05) is 32.1 Å². The zero-order valence-electron chi connectivity index (χ0n) is 23.9. The summed E-state index contributed by atoms with van der Waals surface area (Å²) in [5, 5.41) is 12.9. The molecule has 8 heteroatoms. The smallest absolute Gasteiger partial charge is 0.407 e. The molecule has 1 unspecified atom stereocenters. The van der Waals surface area contributed by atoms with E-state index in [2.05, 4.69) is 29.6 Å². The minimum absolute atomic E-state index is 0.0592. The first kappa shape index (κ1) is 28.0.